The standard InChI is InChI=1S/C17H16N2O3/c1-11-16(20)19-14-9-13(7-8-15(14)22-11)17(21)18-10-12-5-3-2-4-6-12/h2-9,11H,10H2,1H3,(H,18,21)(H,19,20). The van der Waals surface area contributed by atoms with Crippen LogP contribution in [0.5, 0.6) is 5.75 Å². The quantitative estimate of drug-likeness (QED) is 0.913. The first kappa shape index (κ1) is 14.1. The largest absolute Gasteiger partial charge is 0.479 e. The summed E-state index contributed by atoms with van der Waals surface area (Å²) in [5.74, 6) is 0.167. The van der Waals surface area contributed by atoms with Crippen LogP contribution in [-0.4, -0.2) is 17.9 Å². The lowest BCUT2D eigenvalue weighted by Gasteiger charge is -2.23. The predicted molar refractivity (Wildman–Crippen MR) is 82.8 cm³/mol. The van der Waals surface area contributed by atoms with Crippen LogP contribution in [0.2, 0.25) is 0 Å². The molecule has 5 heteroatoms. The average molecular weight is 296 g/mol. The van der Waals surface area contributed by atoms with E-state index in [0.717, 1.165) is 5.56 Å². The molecular formula is C17H16N2O3. The summed E-state index contributed by atoms with van der Waals surface area (Å²) < 4.78 is 5.46. The molecule has 0 bridgehead atoms. The number of rotatable bonds is 3. The van der Waals surface area contributed by atoms with Gasteiger partial charge in [-0.2, -0.15) is 0 Å². The number of benzene rings is 2. The smallest absolute Gasteiger partial charge is 0.265 e. The lowest BCUT2D eigenvalue weighted by atomic mass is 10.1. The molecule has 1 atom stereocenters. The zero-order valence-electron chi connectivity index (χ0n) is 12.1. The highest BCUT2D eigenvalue weighted by Crippen LogP contribution is 2.30. The Morgan fingerprint density at radius 2 is 2.00 bits per heavy atom. The Hall–Kier alpha value is -2.82. The minimum Gasteiger partial charge on any atom is -0.479 e. The molecule has 3 rings (SSSR count). The van der Waals surface area contributed by atoms with E-state index in [4.69, 9.17) is 4.74 Å². The Bertz CT molecular complexity index is 713. The zero-order valence-corrected chi connectivity index (χ0v) is 12.1. The first-order valence-corrected chi connectivity index (χ1v) is 7.07. The van der Waals surface area contributed by atoms with Crippen LogP contribution >= 0.6 is 0 Å². The number of carbonyl (C=O) groups is 2. The third kappa shape index (κ3) is 2.93. The van der Waals surface area contributed by atoms with Gasteiger partial charge in [-0.25, -0.2) is 0 Å². The van der Waals surface area contributed by atoms with Crippen LogP contribution in [-0.2, 0) is 11.3 Å². The first-order valence-electron chi connectivity index (χ1n) is 7.07. The Morgan fingerprint density at radius 3 is 2.77 bits per heavy atom. The summed E-state index contributed by atoms with van der Waals surface area (Å²) in [7, 11) is 0. The maximum atomic E-state index is 12.2. The highest BCUT2D eigenvalue weighted by Gasteiger charge is 2.24. The van der Waals surface area contributed by atoms with Gasteiger partial charge in [0, 0.05) is 12.1 Å². The molecule has 2 amide bonds. The molecule has 0 fully saturated rings. The van der Waals surface area contributed by atoms with Gasteiger partial charge >= 0.3 is 0 Å². The third-order valence-corrected chi connectivity index (χ3v) is 3.47. The number of amides is 2. The van der Waals surface area contributed by atoms with Crippen LogP contribution in [0, 0.1) is 0 Å². The highest BCUT2D eigenvalue weighted by molar-refractivity contribution is 6.00. The maximum absolute atomic E-state index is 12.2. The monoisotopic (exact) mass is 296 g/mol. The van der Waals surface area contributed by atoms with Crippen molar-refractivity contribution in [1.82, 2.24) is 5.32 Å². The van der Waals surface area contributed by atoms with E-state index < -0.39 is 6.10 Å². The van der Waals surface area contributed by atoms with Crippen molar-refractivity contribution in [2.45, 2.75) is 19.6 Å². The average Bonchev–Trinajstić information content (AvgIpc) is 2.54. The minimum atomic E-state index is -0.523. The first-order chi connectivity index (χ1) is 10.6. The molecule has 1 aliphatic rings. The molecule has 22 heavy (non-hydrogen) atoms. The molecule has 0 radical (unpaired) electrons. The molecule has 112 valence electrons. The number of anilines is 1. The van der Waals surface area contributed by atoms with Gasteiger partial charge in [-0.15, -0.1) is 0 Å². The van der Waals surface area contributed by atoms with Gasteiger partial charge in [0.2, 0.25) is 0 Å². The Labute approximate surface area is 128 Å². The van der Waals surface area contributed by atoms with E-state index in [1.807, 2.05) is 30.3 Å². The zero-order chi connectivity index (χ0) is 15.5. The molecule has 5 nitrogen and oxygen atoms in total. The number of ether oxygens (including phenoxy) is 1. The molecule has 0 aromatic heterocycles. The van der Waals surface area contributed by atoms with Gasteiger partial charge < -0.3 is 15.4 Å². The third-order valence-electron chi connectivity index (χ3n) is 3.47. The fourth-order valence-corrected chi connectivity index (χ4v) is 2.23. The van der Waals surface area contributed by atoms with Crippen LogP contribution in [0.15, 0.2) is 48.5 Å². The molecule has 0 saturated carbocycles. The molecule has 2 aromatic rings. The predicted octanol–water partition coefficient (Wildman–Crippen LogP) is 2.34. The van der Waals surface area contributed by atoms with Crippen molar-refractivity contribution in [3.05, 3.63) is 59.7 Å². The molecule has 1 heterocycles. The summed E-state index contributed by atoms with van der Waals surface area (Å²) in [6.07, 6.45) is -0.523. The van der Waals surface area contributed by atoms with Crippen molar-refractivity contribution < 1.29 is 14.3 Å². The van der Waals surface area contributed by atoms with E-state index in [0.29, 0.717) is 23.5 Å². The number of fused-ring (bicyclic) bond motifs is 1. The van der Waals surface area contributed by atoms with E-state index in [1.54, 1.807) is 25.1 Å². The van der Waals surface area contributed by atoms with E-state index in [2.05, 4.69) is 10.6 Å². The Morgan fingerprint density at radius 1 is 1.23 bits per heavy atom. The number of carbonyl (C=O) groups excluding carboxylic acids is 2. The van der Waals surface area contributed by atoms with Crippen molar-refractivity contribution in [3.8, 4) is 5.75 Å². The molecule has 1 unspecified atom stereocenters. The summed E-state index contributed by atoms with van der Waals surface area (Å²) in [4.78, 5) is 23.8. The second kappa shape index (κ2) is 5.89. The van der Waals surface area contributed by atoms with Crippen LogP contribution in [0.3, 0.4) is 0 Å². The minimum absolute atomic E-state index is 0.195. The molecule has 0 saturated heterocycles. The van der Waals surface area contributed by atoms with Gasteiger partial charge in [0.1, 0.15) is 5.75 Å². The van der Waals surface area contributed by atoms with E-state index in [-0.39, 0.29) is 11.8 Å². The van der Waals surface area contributed by atoms with Crippen molar-refractivity contribution in [2.75, 3.05) is 5.32 Å². The maximum Gasteiger partial charge on any atom is 0.265 e. The summed E-state index contributed by atoms with van der Waals surface area (Å²) in [5.41, 5.74) is 2.03. The van der Waals surface area contributed by atoms with Crippen molar-refractivity contribution in [1.29, 1.82) is 0 Å². The SMILES string of the molecule is CC1Oc2ccc(C(=O)NCc3ccccc3)cc2NC1=O. The van der Waals surface area contributed by atoms with Crippen molar-refractivity contribution in [3.63, 3.8) is 0 Å². The number of hydrogen-bond donors (Lipinski definition) is 2. The second-order valence-corrected chi connectivity index (χ2v) is 5.13. The second-order valence-electron chi connectivity index (χ2n) is 5.13. The van der Waals surface area contributed by atoms with E-state index in [1.165, 1.54) is 0 Å². The lowest BCUT2D eigenvalue weighted by Crippen LogP contribution is -2.34. The lowest BCUT2D eigenvalue weighted by molar-refractivity contribution is -0.122. The molecule has 0 aliphatic carbocycles. The fourth-order valence-electron chi connectivity index (χ4n) is 2.23. The van der Waals surface area contributed by atoms with Gasteiger partial charge in [0.15, 0.2) is 6.10 Å². The van der Waals surface area contributed by atoms with Gasteiger partial charge in [0.25, 0.3) is 11.8 Å². The summed E-state index contributed by atoms with van der Waals surface area (Å²) in [6.45, 7) is 2.13. The van der Waals surface area contributed by atoms with E-state index in [9.17, 15) is 9.59 Å². The molecule has 1 aliphatic heterocycles. The van der Waals surface area contributed by atoms with Gasteiger partial charge in [0.05, 0.1) is 5.69 Å². The highest BCUT2D eigenvalue weighted by atomic mass is 16.5. The summed E-state index contributed by atoms with van der Waals surface area (Å²) in [6, 6.07) is 14.7. The van der Waals surface area contributed by atoms with Crippen molar-refractivity contribution in [2.24, 2.45) is 0 Å². The molecular weight excluding hydrogens is 280 g/mol. The van der Waals surface area contributed by atoms with Gasteiger partial charge in [-0.3, -0.25) is 9.59 Å². The summed E-state index contributed by atoms with van der Waals surface area (Å²) in [5, 5.41) is 5.58. The molecule has 2 aromatic carbocycles. The van der Waals surface area contributed by atoms with E-state index >= 15 is 0 Å². The number of hydrogen-bond acceptors (Lipinski definition) is 3. The van der Waals surface area contributed by atoms with Crippen molar-refractivity contribution >= 4 is 17.5 Å². The Balaban J connectivity index is 1.71. The van der Waals surface area contributed by atoms with Crippen LogP contribution < -0.4 is 15.4 Å². The van der Waals surface area contributed by atoms with Gasteiger partial charge in [-0.1, -0.05) is 30.3 Å². The van der Waals surface area contributed by atoms with Crippen LogP contribution in [0.25, 0.3) is 0 Å². The molecule has 0 spiro atoms. The summed E-state index contributed by atoms with van der Waals surface area (Å²) >= 11 is 0. The topological polar surface area (TPSA) is 67.4 Å². The van der Waals surface area contributed by atoms with Gasteiger partial charge in [-0.05, 0) is 30.7 Å². The number of nitrogens with one attached hydrogen (secondary N) is 2. The normalized spacial score (nSPS) is 16.2. The van der Waals surface area contributed by atoms with Crippen LogP contribution in [0.1, 0.15) is 22.8 Å². The molecule has 2 N–H and O–H groups in total. The Kier molecular flexibility index (Phi) is 3.78. The van der Waals surface area contributed by atoms with Crippen LogP contribution in [0.4, 0.5) is 5.69 Å². The fraction of sp³-hybridized carbons (Fsp3) is 0.176.